The number of phenols is 1. The Morgan fingerprint density at radius 2 is 1.56 bits per heavy atom. The van der Waals surface area contributed by atoms with Crippen molar-refractivity contribution in [1.82, 2.24) is 0 Å². The minimum absolute atomic E-state index is 0.0593. The molecule has 0 aliphatic rings. The molecule has 0 aliphatic heterocycles. The summed E-state index contributed by atoms with van der Waals surface area (Å²) in [7, 11) is 0. The van der Waals surface area contributed by atoms with Gasteiger partial charge in [0.05, 0.1) is 0 Å². The van der Waals surface area contributed by atoms with Crippen molar-refractivity contribution in [3.05, 3.63) is 65.0 Å². The molecule has 2 aromatic rings. The van der Waals surface area contributed by atoms with Gasteiger partial charge in [0.15, 0.2) is 5.60 Å². The monoisotopic (exact) mass is 354 g/mol. The highest BCUT2D eigenvalue weighted by Gasteiger charge is 2.44. The molecule has 0 bridgehead atoms. The number of benzene rings is 2. The average molecular weight is 354 g/mol. The van der Waals surface area contributed by atoms with Crippen molar-refractivity contribution in [2.45, 2.75) is 31.3 Å². The Kier molecular flexibility index (Phi) is 4.81. The number of rotatable bonds is 5. The first-order valence-corrected chi connectivity index (χ1v) is 7.37. The quantitative estimate of drug-likeness (QED) is 0.769. The van der Waals surface area contributed by atoms with Crippen molar-refractivity contribution in [2.75, 3.05) is 0 Å². The third-order valence-electron chi connectivity index (χ3n) is 4.08. The topological polar surface area (TPSA) is 77.8 Å². The summed E-state index contributed by atoms with van der Waals surface area (Å²) in [6, 6.07) is 5.14. The smallest absolute Gasteiger partial charge is 0.340 e. The zero-order valence-corrected chi connectivity index (χ0v) is 13.6. The molecule has 0 saturated carbocycles. The van der Waals surface area contributed by atoms with Crippen molar-refractivity contribution < 1.29 is 33.3 Å². The lowest BCUT2D eigenvalue weighted by molar-refractivity contribution is -0.162. The minimum atomic E-state index is -2.65. The van der Waals surface area contributed by atoms with Gasteiger partial charge in [-0.3, -0.25) is 0 Å². The molecule has 3 N–H and O–H groups in total. The minimum Gasteiger partial charge on any atom is -0.508 e. The Morgan fingerprint density at radius 3 is 2.08 bits per heavy atom. The fourth-order valence-electron chi connectivity index (χ4n) is 2.88. The number of hydrogen-bond acceptors (Lipinski definition) is 3. The van der Waals surface area contributed by atoms with Crippen LogP contribution in [0.5, 0.6) is 5.75 Å². The SMILES string of the molecule is CC(C)(CC(O)(C(=O)O)c1cc(F)cc(F)c1)c1cc(F)ccc1O. The first-order chi connectivity index (χ1) is 11.5. The van der Waals surface area contributed by atoms with E-state index in [2.05, 4.69) is 0 Å². The van der Waals surface area contributed by atoms with E-state index >= 15 is 0 Å². The Bertz CT molecular complexity index is 800. The van der Waals surface area contributed by atoms with Crippen molar-refractivity contribution in [1.29, 1.82) is 0 Å². The van der Waals surface area contributed by atoms with Crippen LogP contribution >= 0.6 is 0 Å². The molecule has 134 valence electrons. The highest BCUT2D eigenvalue weighted by Crippen LogP contribution is 2.41. The zero-order chi connectivity index (χ0) is 19.0. The summed E-state index contributed by atoms with van der Waals surface area (Å²) >= 11 is 0. The molecule has 0 fully saturated rings. The van der Waals surface area contributed by atoms with Gasteiger partial charge >= 0.3 is 5.97 Å². The summed E-state index contributed by atoms with van der Waals surface area (Å²) in [5, 5.41) is 30.1. The first-order valence-electron chi connectivity index (χ1n) is 7.37. The van der Waals surface area contributed by atoms with Crippen LogP contribution in [0.15, 0.2) is 36.4 Å². The van der Waals surface area contributed by atoms with E-state index in [0.29, 0.717) is 6.07 Å². The number of hydrogen-bond donors (Lipinski definition) is 3. The van der Waals surface area contributed by atoms with Crippen molar-refractivity contribution >= 4 is 5.97 Å². The number of aliphatic carboxylic acids is 1. The number of halogens is 3. The lowest BCUT2D eigenvalue weighted by Gasteiger charge is -2.34. The molecule has 25 heavy (non-hydrogen) atoms. The van der Waals surface area contributed by atoms with Crippen molar-refractivity contribution in [3.8, 4) is 5.75 Å². The Morgan fingerprint density at radius 1 is 1.00 bits per heavy atom. The van der Waals surface area contributed by atoms with Crippen LogP contribution < -0.4 is 0 Å². The fourth-order valence-corrected chi connectivity index (χ4v) is 2.88. The summed E-state index contributed by atoms with van der Waals surface area (Å²) in [6.45, 7) is 2.95. The van der Waals surface area contributed by atoms with Crippen LogP contribution in [0.25, 0.3) is 0 Å². The molecule has 2 rings (SSSR count). The summed E-state index contributed by atoms with van der Waals surface area (Å²) in [5.41, 5.74) is -4.31. The second kappa shape index (κ2) is 6.40. The molecule has 0 aromatic heterocycles. The molecule has 0 aliphatic carbocycles. The van der Waals surface area contributed by atoms with Gasteiger partial charge in [0.25, 0.3) is 0 Å². The molecule has 0 amide bonds. The van der Waals surface area contributed by atoms with Crippen LogP contribution in [0.2, 0.25) is 0 Å². The van der Waals surface area contributed by atoms with Gasteiger partial charge in [0, 0.05) is 23.6 Å². The Hall–Kier alpha value is -2.54. The van der Waals surface area contributed by atoms with E-state index in [-0.39, 0.29) is 11.3 Å². The highest BCUT2D eigenvalue weighted by atomic mass is 19.1. The fraction of sp³-hybridized carbons (Fsp3) is 0.278. The summed E-state index contributed by atoms with van der Waals surface area (Å²) in [6.07, 6.45) is -0.560. The number of carboxylic acids is 1. The molecule has 1 atom stereocenters. The van der Waals surface area contributed by atoms with E-state index in [1.54, 1.807) is 0 Å². The Labute approximate surface area is 142 Å². The van der Waals surface area contributed by atoms with Gasteiger partial charge in [0.2, 0.25) is 0 Å². The number of aromatic hydroxyl groups is 1. The molecular formula is C18H17F3O4. The molecule has 4 nitrogen and oxygen atoms in total. The zero-order valence-electron chi connectivity index (χ0n) is 13.6. The van der Waals surface area contributed by atoms with Crippen molar-refractivity contribution in [2.24, 2.45) is 0 Å². The highest BCUT2D eigenvalue weighted by molar-refractivity contribution is 5.79. The molecule has 0 spiro atoms. The number of carboxylic acid groups (broad SMARTS) is 1. The summed E-state index contributed by atoms with van der Waals surface area (Å²) in [4.78, 5) is 11.7. The van der Waals surface area contributed by atoms with Crippen LogP contribution in [0, 0.1) is 17.5 Å². The summed E-state index contributed by atoms with van der Waals surface area (Å²) < 4.78 is 40.4. The maximum Gasteiger partial charge on any atom is 0.340 e. The first kappa shape index (κ1) is 18.8. The lowest BCUT2D eigenvalue weighted by Crippen LogP contribution is -2.41. The van der Waals surface area contributed by atoms with Crippen LogP contribution in [-0.2, 0) is 15.8 Å². The van der Waals surface area contributed by atoms with Gasteiger partial charge in [0.1, 0.15) is 23.2 Å². The predicted octanol–water partition coefficient (Wildman–Crippen LogP) is 3.45. The van der Waals surface area contributed by atoms with E-state index < -0.39 is 46.4 Å². The predicted molar refractivity (Wildman–Crippen MR) is 83.6 cm³/mol. The maximum atomic E-state index is 13.5. The molecule has 0 radical (unpaired) electrons. The van der Waals surface area contributed by atoms with Gasteiger partial charge in [-0.15, -0.1) is 0 Å². The van der Waals surface area contributed by atoms with Gasteiger partial charge in [-0.1, -0.05) is 13.8 Å². The van der Waals surface area contributed by atoms with Crippen molar-refractivity contribution in [3.63, 3.8) is 0 Å². The number of carbonyl (C=O) groups is 1. The lowest BCUT2D eigenvalue weighted by atomic mass is 9.72. The maximum absolute atomic E-state index is 13.5. The van der Waals surface area contributed by atoms with E-state index in [9.17, 15) is 33.3 Å². The van der Waals surface area contributed by atoms with E-state index in [1.165, 1.54) is 13.8 Å². The van der Waals surface area contributed by atoms with Crippen LogP contribution in [0.4, 0.5) is 13.2 Å². The van der Waals surface area contributed by atoms with Gasteiger partial charge in [-0.05, 0) is 35.7 Å². The molecule has 2 aromatic carbocycles. The van der Waals surface area contributed by atoms with Crippen LogP contribution in [0.3, 0.4) is 0 Å². The number of phenolic OH excluding ortho intramolecular Hbond substituents is 1. The molecular weight excluding hydrogens is 337 g/mol. The Balaban J connectivity index is 2.54. The summed E-state index contributed by atoms with van der Waals surface area (Å²) in [5.74, 6) is -4.75. The van der Waals surface area contributed by atoms with E-state index in [0.717, 1.165) is 30.3 Å². The van der Waals surface area contributed by atoms with Gasteiger partial charge in [-0.2, -0.15) is 0 Å². The average Bonchev–Trinajstić information content (AvgIpc) is 2.48. The third kappa shape index (κ3) is 3.76. The third-order valence-corrected chi connectivity index (χ3v) is 4.08. The molecule has 1 unspecified atom stereocenters. The normalized spacial score (nSPS) is 14.2. The second-order valence-corrected chi connectivity index (χ2v) is 6.55. The largest absolute Gasteiger partial charge is 0.508 e. The molecule has 0 heterocycles. The molecule has 0 saturated heterocycles. The second-order valence-electron chi connectivity index (χ2n) is 6.55. The van der Waals surface area contributed by atoms with Gasteiger partial charge in [-0.25, -0.2) is 18.0 Å². The van der Waals surface area contributed by atoms with Crippen LogP contribution in [0.1, 0.15) is 31.4 Å². The number of aliphatic hydroxyl groups is 1. The van der Waals surface area contributed by atoms with E-state index in [1.807, 2.05) is 0 Å². The van der Waals surface area contributed by atoms with Gasteiger partial charge < -0.3 is 15.3 Å². The standard InChI is InChI=1S/C18H17F3O4/c1-17(2,14-8-11(19)3-4-15(14)22)9-18(25,16(23)24)10-5-12(20)7-13(21)6-10/h3-8,22,25H,9H2,1-2H3,(H,23,24). The van der Waals surface area contributed by atoms with Crippen LogP contribution in [-0.4, -0.2) is 21.3 Å². The van der Waals surface area contributed by atoms with E-state index in [4.69, 9.17) is 0 Å². The molecule has 7 heteroatoms.